The molecule has 3 rings (SSSR count). The molecule has 3 heterocycles. The van der Waals surface area contributed by atoms with Crippen LogP contribution in [0.4, 0.5) is 0 Å². The second-order valence-electron chi connectivity index (χ2n) is 6.05. The van der Waals surface area contributed by atoms with Crippen molar-refractivity contribution in [1.82, 2.24) is 29.9 Å². The van der Waals surface area contributed by atoms with Crippen LogP contribution in [-0.2, 0) is 13.1 Å². The monoisotopic (exact) mass is 290 g/mol. The van der Waals surface area contributed by atoms with Gasteiger partial charge in [-0.25, -0.2) is 4.98 Å². The van der Waals surface area contributed by atoms with Crippen LogP contribution in [0.15, 0.2) is 17.1 Å². The summed E-state index contributed by atoms with van der Waals surface area (Å²) >= 11 is 0. The third-order valence-corrected chi connectivity index (χ3v) is 3.85. The van der Waals surface area contributed by atoms with E-state index in [2.05, 4.69) is 39.0 Å². The van der Waals surface area contributed by atoms with Crippen LogP contribution in [0.5, 0.6) is 0 Å². The second-order valence-corrected chi connectivity index (χ2v) is 6.05. The van der Waals surface area contributed by atoms with Crippen molar-refractivity contribution in [2.75, 3.05) is 13.1 Å². The van der Waals surface area contributed by atoms with Gasteiger partial charge in [0.1, 0.15) is 12.7 Å². The number of hydrogen-bond donors (Lipinski definition) is 0. The minimum Gasteiger partial charge on any atom is -0.424 e. The maximum absolute atomic E-state index is 5.70. The van der Waals surface area contributed by atoms with Gasteiger partial charge in [0.05, 0.1) is 6.54 Å². The third kappa shape index (κ3) is 3.66. The molecule has 0 radical (unpaired) electrons. The average Bonchev–Trinajstić information content (AvgIpc) is 3.11. The summed E-state index contributed by atoms with van der Waals surface area (Å²) in [6.07, 6.45) is 5.81. The van der Waals surface area contributed by atoms with Crippen molar-refractivity contribution in [1.29, 1.82) is 0 Å². The van der Waals surface area contributed by atoms with Crippen LogP contribution in [-0.4, -0.2) is 43.0 Å². The number of hydrogen-bond acceptors (Lipinski definition) is 6. The van der Waals surface area contributed by atoms with Gasteiger partial charge in [-0.15, -0.1) is 10.2 Å². The van der Waals surface area contributed by atoms with Crippen LogP contribution >= 0.6 is 0 Å². The fourth-order valence-corrected chi connectivity index (χ4v) is 2.79. The lowest BCUT2D eigenvalue weighted by atomic mass is 9.98. The van der Waals surface area contributed by atoms with Crippen LogP contribution in [0.1, 0.15) is 44.4 Å². The summed E-state index contributed by atoms with van der Waals surface area (Å²) in [7, 11) is 0. The van der Waals surface area contributed by atoms with Crippen molar-refractivity contribution < 1.29 is 4.42 Å². The van der Waals surface area contributed by atoms with Gasteiger partial charge in [0.25, 0.3) is 0 Å². The molecule has 0 saturated carbocycles. The number of piperidine rings is 1. The van der Waals surface area contributed by atoms with E-state index < -0.39 is 0 Å². The molecule has 1 aliphatic rings. The molecule has 0 spiro atoms. The normalized spacial score (nSPS) is 20.2. The first-order valence-corrected chi connectivity index (χ1v) is 7.57. The zero-order chi connectivity index (χ0) is 14.7. The Bertz CT molecular complexity index is 550. The Balaban J connectivity index is 1.55. The van der Waals surface area contributed by atoms with Crippen LogP contribution < -0.4 is 0 Å². The molecule has 0 amide bonds. The minimum atomic E-state index is 0.285. The van der Waals surface area contributed by atoms with E-state index in [1.807, 2.05) is 4.68 Å². The molecule has 1 aliphatic heterocycles. The van der Waals surface area contributed by atoms with Crippen LogP contribution in [0.2, 0.25) is 0 Å². The summed E-state index contributed by atoms with van der Waals surface area (Å²) in [5.74, 6) is 2.34. The summed E-state index contributed by atoms with van der Waals surface area (Å²) in [4.78, 5) is 6.39. The van der Waals surface area contributed by atoms with Gasteiger partial charge in [0.2, 0.25) is 11.8 Å². The molecular weight excluding hydrogens is 268 g/mol. The SMILES string of the molecule is CC(C)c1nnc(CN2CCC[C@H](Cn3cncn3)C2)o1. The van der Waals surface area contributed by atoms with Crippen molar-refractivity contribution in [2.45, 2.75) is 45.7 Å². The smallest absolute Gasteiger partial charge is 0.230 e. The van der Waals surface area contributed by atoms with E-state index >= 15 is 0 Å². The summed E-state index contributed by atoms with van der Waals surface area (Å²) in [5.41, 5.74) is 0. The highest BCUT2D eigenvalue weighted by atomic mass is 16.4. The molecule has 21 heavy (non-hydrogen) atoms. The molecule has 114 valence electrons. The van der Waals surface area contributed by atoms with Gasteiger partial charge < -0.3 is 4.42 Å². The Hall–Kier alpha value is -1.76. The fourth-order valence-electron chi connectivity index (χ4n) is 2.79. The van der Waals surface area contributed by atoms with E-state index in [1.54, 1.807) is 12.7 Å². The molecule has 2 aromatic heterocycles. The van der Waals surface area contributed by atoms with Crippen LogP contribution in [0, 0.1) is 5.92 Å². The molecule has 0 unspecified atom stereocenters. The van der Waals surface area contributed by atoms with Crippen molar-refractivity contribution in [3.05, 3.63) is 24.4 Å². The topological polar surface area (TPSA) is 72.9 Å². The van der Waals surface area contributed by atoms with E-state index in [4.69, 9.17) is 4.42 Å². The first-order chi connectivity index (χ1) is 10.2. The lowest BCUT2D eigenvalue weighted by molar-refractivity contribution is 0.141. The van der Waals surface area contributed by atoms with Crippen LogP contribution in [0.3, 0.4) is 0 Å². The molecule has 1 atom stereocenters. The largest absolute Gasteiger partial charge is 0.424 e. The van der Waals surface area contributed by atoms with E-state index in [9.17, 15) is 0 Å². The minimum absolute atomic E-state index is 0.285. The Morgan fingerprint density at radius 1 is 1.38 bits per heavy atom. The lowest BCUT2D eigenvalue weighted by Gasteiger charge is -2.31. The molecule has 0 aliphatic carbocycles. The molecule has 2 aromatic rings. The number of aromatic nitrogens is 5. The predicted molar refractivity (Wildman–Crippen MR) is 76.4 cm³/mol. The highest BCUT2D eigenvalue weighted by Crippen LogP contribution is 2.20. The molecule has 1 saturated heterocycles. The molecule has 7 heteroatoms. The highest BCUT2D eigenvalue weighted by Gasteiger charge is 2.22. The average molecular weight is 290 g/mol. The lowest BCUT2D eigenvalue weighted by Crippen LogP contribution is -2.36. The Morgan fingerprint density at radius 3 is 3.00 bits per heavy atom. The van der Waals surface area contributed by atoms with Crippen LogP contribution in [0.25, 0.3) is 0 Å². The number of likely N-dealkylation sites (tertiary alicyclic amines) is 1. The third-order valence-electron chi connectivity index (χ3n) is 3.85. The van der Waals surface area contributed by atoms with E-state index in [0.29, 0.717) is 5.92 Å². The summed E-state index contributed by atoms with van der Waals surface area (Å²) in [5, 5.41) is 12.4. The molecule has 0 N–H and O–H groups in total. The Kier molecular flexibility index (Phi) is 4.28. The van der Waals surface area contributed by atoms with Gasteiger partial charge in [-0.1, -0.05) is 13.8 Å². The molecule has 1 fully saturated rings. The maximum Gasteiger partial charge on any atom is 0.230 e. The number of rotatable bonds is 5. The van der Waals surface area contributed by atoms with Gasteiger partial charge in [0, 0.05) is 19.0 Å². The standard InChI is InChI=1S/C14H22N6O/c1-11(2)14-18-17-13(21-14)8-19-5-3-4-12(6-19)7-20-10-15-9-16-20/h9-12H,3-8H2,1-2H3/t12-/m0/s1. The first kappa shape index (κ1) is 14.2. The molecular formula is C14H22N6O. The van der Waals surface area contributed by atoms with Gasteiger partial charge in [-0.3, -0.25) is 9.58 Å². The summed E-state index contributed by atoms with van der Waals surface area (Å²) in [6.45, 7) is 7.93. The number of nitrogens with zero attached hydrogens (tertiary/aromatic N) is 6. The zero-order valence-corrected chi connectivity index (χ0v) is 12.6. The fraction of sp³-hybridized carbons (Fsp3) is 0.714. The van der Waals surface area contributed by atoms with E-state index in [-0.39, 0.29) is 5.92 Å². The van der Waals surface area contributed by atoms with Crippen molar-refractivity contribution in [3.63, 3.8) is 0 Å². The summed E-state index contributed by atoms with van der Waals surface area (Å²) < 4.78 is 7.61. The van der Waals surface area contributed by atoms with Crippen molar-refractivity contribution in [2.24, 2.45) is 5.92 Å². The van der Waals surface area contributed by atoms with Crippen molar-refractivity contribution >= 4 is 0 Å². The second kappa shape index (κ2) is 6.34. The van der Waals surface area contributed by atoms with Gasteiger partial charge in [0.15, 0.2) is 0 Å². The van der Waals surface area contributed by atoms with E-state index in [1.165, 1.54) is 12.8 Å². The Labute approximate surface area is 124 Å². The van der Waals surface area contributed by atoms with Gasteiger partial charge >= 0.3 is 0 Å². The predicted octanol–water partition coefficient (Wildman–Crippen LogP) is 1.70. The maximum atomic E-state index is 5.70. The quantitative estimate of drug-likeness (QED) is 0.834. The van der Waals surface area contributed by atoms with E-state index in [0.717, 1.165) is 38.0 Å². The van der Waals surface area contributed by atoms with Gasteiger partial charge in [-0.2, -0.15) is 5.10 Å². The van der Waals surface area contributed by atoms with Crippen molar-refractivity contribution in [3.8, 4) is 0 Å². The Morgan fingerprint density at radius 2 is 2.29 bits per heavy atom. The summed E-state index contributed by atoms with van der Waals surface area (Å²) in [6, 6.07) is 0. The molecule has 0 aromatic carbocycles. The van der Waals surface area contributed by atoms with Gasteiger partial charge in [-0.05, 0) is 25.3 Å². The first-order valence-electron chi connectivity index (χ1n) is 7.57. The zero-order valence-electron chi connectivity index (χ0n) is 12.6. The highest BCUT2D eigenvalue weighted by molar-refractivity contribution is 4.88. The molecule has 7 nitrogen and oxygen atoms in total. The molecule has 0 bridgehead atoms.